The highest BCUT2D eigenvalue weighted by atomic mass is 35.5. The maximum absolute atomic E-state index is 12.9. The van der Waals surface area contributed by atoms with Gasteiger partial charge in [0.05, 0.1) is 4.90 Å². The third kappa shape index (κ3) is 4.66. The minimum absolute atomic E-state index is 0.0778. The Morgan fingerprint density at radius 3 is 2.15 bits per heavy atom. The lowest BCUT2D eigenvalue weighted by Gasteiger charge is -2.37. The average molecular weight is 413 g/mol. The SMILES string of the molecule is CC1CCC(N(C)C(=O)C2CCN(S(=O)(=O)c3ccc(Cl)cc3)CC2)CC1. The second-order valence-electron chi connectivity index (χ2n) is 8.00. The highest BCUT2D eigenvalue weighted by molar-refractivity contribution is 7.89. The van der Waals surface area contributed by atoms with Gasteiger partial charge in [-0.3, -0.25) is 4.79 Å². The molecule has 1 aliphatic carbocycles. The zero-order chi connectivity index (χ0) is 19.6. The van der Waals surface area contributed by atoms with Crippen molar-refractivity contribution in [3.05, 3.63) is 29.3 Å². The molecule has 0 N–H and O–H groups in total. The maximum Gasteiger partial charge on any atom is 0.243 e. The number of carbonyl (C=O) groups excluding carboxylic acids is 1. The van der Waals surface area contributed by atoms with Crippen molar-refractivity contribution in [1.29, 1.82) is 0 Å². The van der Waals surface area contributed by atoms with E-state index >= 15 is 0 Å². The number of benzene rings is 1. The first-order chi connectivity index (χ1) is 12.8. The first-order valence-corrected chi connectivity index (χ1v) is 11.6. The van der Waals surface area contributed by atoms with Crippen molar-refractivity contribution in [3.63, 3.8) is 0 Å². The molecule has 0 spiro atoms. The Hall–Kier alpha value is -1.11. The molecule has 1 aliphatic heterocycles. The third-order valence-corrected chi connectivity index (χ3v) is 8.30. The molecule has 1 amide bonds. The van der Waals surface area contributed by atoms with Crippen LogP contribution in [0.15, 0.2) is 29.2 Å². The van der Waals surface area contributed by atoms with E-state index < -0.39 is 10.0 Å². The number of hydrogen-bond donors (Lipinski definition) is 0. The molecule has 27 heavy (non-hydrogen) atoms. The number of nitrogens with zero attached hydrogens (tertiary/aromatic N) is 2. The number of piperidine rings is 1. The average Bonchev–Trinajstić information content (AvgIpc) is 2.68. The van der Waals surface area contributed by atoms with Crippen molar-refractivity contribution in [3.8, 4) is 0 Å². The standard InChI is InChI=1S/C20H29ClN2O3S/c1-15-3-7-18(8-4-15)22(2)20(24)16-11-13-23(14-12-16)27(25,26)19-9-5-17(21)6-10-19/h5-6,9-10,15-16,18H,3-4,7-8,11-14H2,1-2H3. The van der Waals surface area contributed by atoms with Crippen LogP contribution in [0, 0.1) is 11.8 Å². The summed E-state index contributed by atoms with van der Waals surface area (Å²) in [6.45, 7) is 3.04. The van der Waals surface area contributed by atoms with E-state index in [0.717, 1.165) is 18.8 Å². The van der Waals surface area contributed by atoms with Crippen LogP contribution in [0.4, 0.5) is 0 Å². The number of amides is 1. The fraction of sp³-hybridized carbons (Fsp3) is 0.650. The summed E-state index contributed by atoms with van der Waals surface area (Å²) >= 11 is 5.85. The molecule has 2 fully saturated rings. The minimum atomic E-state index is -3.53. The van der Waals surface area contributed by atoms with E-state index in [2.05, 4.69) is 6.92 Å². The van der Waals surface area contributed by atoms with Gasteiger partial charge in [0.25, 0.3) is 0 Å². The monoisotopic (exact) mass is 412 g/mol. The Morgan fingerprint density at radius 2 is 1.59 bits per heavy atom. The Morgan fingerprint density at radius 1 is 1.04 bits per heavy atom. The van der Waals surface area contributed by atoms with E-state index in [1.54, 1.807) is 12.1 Å². The molecule has 1 aromatic carbocycles. The van der Waals surface area contributed by atoms with Gasteiger partial charge in [0, 0.05) is 37.1 Å². The van der Waals surface area contributed by atoms with E-state index in [9.17, 15) is 13.2 Å². The van der Waals surface area contributed by atoms with Gasteiger partial charge in [-0.15, -0.1) is 0 Å². The normalized spacial score (nSPS) is 25.3. The molecule has 5 nitrogen and oxygen atoms in total. The van der Waals surface area contributed by atoms with Gasteiger partial charge < -0.3 is 4.90 Å². The summed E-state index contributed by atoms with van der Waals surface area (Å²) in [7, 11) is -1.61. The van der Waals surface area contributed by atoms with Crippen LogP contribution in [-0.2, 0) is 14.8 Å². The molecule has 0 radical (unpaired) electrons. The van der Waals surface area contributed by atoms with Crippen molar-refractivity contribution in [2.45, 2.75) is 56.4 Å². The third-order valence-electron chi connectivity index (χ3n) is 6.14. The van der Waals surface area contributed by atoms with Gasteiger partial charge in [0.2, 0.25) is 15.9 Å². The van der Waals surface area contributed by atoms with Crippen molar-refractivity contribution >= 4 is 27.5 Å². The minimum Gasteiger partial charge on any atom is -0.343 e. The Labute approximate surface area is 167 Å². The predicted molar refractivity (Wildman–Crippen MR) is 107 cm³/mol. The van der Waals surface area contributed by atoms with Crippen LogP contribution in [0.3, 0.4) is 0 Å². The largest absolute Gasteiger partial charge is 0.343 e. The summed E-state index contributed by atoms with van der Waals surface area (Å²) < 4.78 is 27.0. The summed E-state index contributed by atoms with van der Waals surface area (Å²) in [5, 5.41) is 0.512. The topological polar surface area (TPSA) is 57.7 Å². The highest BCUT2D eigenvalue weighted by Crippen LogP contribution is 2.30. The Bertz CT molecular complexity index is 750. The zero-order valence-corrected chi connectivity index (χ0v) is 17.7. The lowest BCUT2D eigenvalue weighted by atomic mass is 9.86. The van der Waals surface area contributed by atoms with Gasteiger partial charge in [0.15, 0.2) is 0 Å². The quantitative estimate of drug-likeness (QED) is 0.756. The van der Waals surface area contributed by atoms with Crippen LogP contribution in [0.2, 0.25) is 5.02 Å². The van der Waals surface area contributed by atoms with Gasteiger partial charge in [-0.25, -0.2) is 8.42 Å². The van der Waals surface area contributed by atoms with Crippen molar-refractivity contribution in [2.75, 3.05) is 20.1 Å². The molecule has 1 heterocycles. The van der Waals surface area contributed by atoms with E-state index in [1.807, 2.05) is 11.9 Å². The molecule has 1 saturated carbocycles. The van der Waals surface area contributed by atoms with Gasteiger partial charge >= 0.3 is 0 Å². The van der Waals surface area contributed by atoms with Crippen LogP contribution < -0.4 is 0 Å². The summed E-state index contributed by atoms with van der Waals surface area (Å²) in [5.41, 5.74) is 0. The number of hydrogen-bond acceptors (Lipinski definition) is 3. The van der Waals surface area contributed by atoms with Crippen LogP contribution in [0.5, 0.6) is 0 Å². The number of sulfonamides is 1. The molecule has 0 aromatic heterocycles. The van der Waals surface area contributed by atoms with Crippen LogP contribution in [0.1, 0.15) is 45.4 Å². The molecule has 2 aliphatic rings. The van der Waals surface area contributed by atoms with E-state index in [1.165, 1.54) is 29.3 Å². The molecule has 0 unspecified atom stereocenters. The first kappa shape index (κ1) is 20.6. The summed E-state index contributed by atoms with van der Waals surface area (Å²) in [6, 6.07) is 6.58. The molecule has 0 bridgehead atoms. The Balaban J connectivity index is 1.58. The predicted octanol–water partition coefficient (Wildman–Crippen LogP) is 3.78. The molecule has 0 atom stereocenters. The van der Waals surface area contributed by atoms with E-state index in [0.29, 0.717) is 37.0 Å². The number of carbonyl (C=O) groups is 1. The second-order valence-corrected chi connectivity index (χ2v) is 10.4. The van der Waals surface area contributed by atoms with E-state index in [4.69, 9.17) is 11.6 Å². The molecular weight excluding hydrogens is 384 g/mol. The van der Waals surface area contributed by atoms with Crippen molar-refractivity contribution in [1.82, 2.24) is 9.21 Å². The van der Waals surface area contributed by atoms with Crippen LogP contribution in [-0.4, -0.2) is 49.7 Å². The summed E-state index contributed by atoms with van der Waals surface area (Å²) in [6.07, 6.45) is 5.68. The van der Waals surface area contributed by atoms with E-state index in [-0.39, 0.29) is 16.7 Å². The lowest BCUT2D eigenvalue weighted by molar-refractivity contribution is -0.138. The van der Waals surface area contributed by atoms with Gasteiger partial charge in [0.1, 0.15) is 0 Å². The van der Waals surface area contributed by atoms with Gasteiger partial charge in [-0.1, -0.05) is 18.5 Å². The number of rotatable bonds is 4. The van der Waals surface area contributed by atoms with Gasteiger partial charge in [-0.2, -0.15) is 4.31 Å². The highest BCUT2D eigenvalue weighted by Gasteiger charge is 2.35. The molecule has 1 saturated heterocycles. The summed E-state index contributed by atoms with van der Waals surface area (Å²) in [4.78, 5) is 15.1. The Kier molecular flexibility index (Phi) is 6.49. The summed E-state index contributed by atoms with van der Waals surface area (Å²) in [5.74, 6) is 0.857. The van der Waals surface area contributed by atoms with Crippen LogP contribution in [0.25, 0.3) is 0 Å². The van der Waals surface area contributed by atoms with Crippen LogP contribution >= 0.6 is 11.6 Å². The zero-order valence-electron chi connectivity index (χ0n) is 16.1. The number of halogens is 1. The molecule has 3 rings (SSSR count). The smallest absolute Gasteiger partial charge is 0.243 e. The fourth-order valence-electron chi connectivity index (χ4n) is 4.20. The fourth-order valence-corrected chi connectivity index (χ4v) is 5.79. The van der Waals surface area contributed by atoms with Crippen molar-refractivity contribution in [2.24, 2.45) is 11.8 Å². The first-order valence-electron chi connectivity index (χ1n) is 9.81. The van der Waals surface area contributed by atoms with Crippen molar-refractivity contribution < 1.29 is 13.2 Å². The van der Waals surface area contributed by atoms with Gasteiger partial charge in [-0.05, 0) is 68.7 Å². The molecular formula is C20H29ClN2O3S. The molecule has 150 valence electrons. The second kappa shape index (κ2) is 8.50. The lowest BCUT2D eigenvalue weighted by Crippen LogP contribution is -2.46. The maximum atomic E-state index is 12.9. The molecule has 7 heteroatoms. The molecule has 1 aromatic rings.